The molecule has 5 heteroatoms. The van der Waals surface area contributed by atoms with Gasteiger partial charge in [0.05, 0.1) is 0 Å². The van der Waals surface area contributed by atoms with Crippen LogP contribution >= 0.6 is 0 Å². The summed E-state index contributed by atoms with van der Waals surface area (Å²) in [4.78, 5) is 15.3. The van der Waals surface area contributed by atoms with E-state index in [1.54, 1.807) is 0 Å². The van der Waals surface area contributed by atoms with Crippen LogP contribution in [-0.2, 0) is 0 Å². The van der Waals surface area contributed by atoms with Gasteiger partial charge in [0.2, 0.25) is 11.9 Å². The Morgan fingerprint density at radius 2 is 1.71 bits per heavy atom. The highest BCUT2D eigenvalue weighted by molar-refractivity contribution is 5.58. The van der Waals surface area contributed by atoms with Crippen LogP contribution in [0.25, 0.3) is 11.4 Å². The van der Waals surface area contributed by atoms with Gasteiger partial charge < -0.3 is 10.2 Å². The lowest BCUT2D eigenvalue weighted by Crippen LogP contribution is -2.15. The molecule has 1 aromatic heterocycles. The number of anilines is 2. The third-order valence-electron chi connectivity index (χ3n) is 3.19. The van der Waals surface area contributed by atoms with Crippen molar-refractivity contribution in [1.82, 2.24) is 15.0 Å². The van der Waals surface area contributed by atoms with Crippen LogP contribution < -0.4 is 10.2 Å². The number of nitrogens with one attached hydrogen (secondary N) is 1. The van der Waals surface area contributed by atoms with Crippen LogP contribution in [-0.4, -0.2) is 35.6 Å². The van der Waals surface area contributed by atoms with Gasteiger partial charge in [0, 0.05) is 26.2 Å². The zero-order valence-electron chi connectivity index (χ0n) is 13.4. The second-order valence-corrected chi connectivity index (χ2v) is 5.48. The lowest BCUT2D eigenvalue weighted by molar-refractivity contribution is 0.866. The minimum atomic E-state index is 0.520. The van der Waals surface area contributed by atoms with Gasteiger partial charge in [-0.15, -0.1) is 0 Å². The second kappa shape index (κ2) is 6.52. The van der Waals surface area contributed by atoms with Crippen molar-refractivity contribution in [3.8, 4) is 11.4 Å². The van der Waals surface area contributed by atoms with E-state index in [1.807, 2.05) is 25.9 Å². The van der Waals surface area contributed by atoms with Crippen molar-refractivity contribution in [2.75, 3.05) is 30.9 Å². The molecule has 2 aromatic rings. The van der Waals surface area contributed by atoms with Crippen molar-refractivity contribution >= 4 is 11.9 Å². The lowest BCUT2D eigenvalue weighted by atomic mass is 10.0. The number of aromatic nitrogens is 3. The zero-order valence-corrected chi connectivity index (χ0v) is 13.4. The molecular formula is C16H23N5. The molecule has 0 fully saturated rings. The topological polar surface area (TPSA) is 53.9 Å². The first-order valence-corrected chi connectivity index (χ1v) is 7.29. The summed E-state index contributed by atoms with van der Waals surface area (Å²) in [6, 6.07) is 8.40. The van der Waals surface area contributed by atoms with Crippen molar-refractivity contribution in [3.63, 3.8) is 0 Å². The van der Waals surface area contributed by atoms with Gasteiger partial charge in [-0.25, -0.2) is 0 Å². The van der Waals surface area contributed by atoms with Crippen LogP contribution in [0.2, 0.25) is 0 Å². The van der Waals surface area contributed by atoms with Crippen LogP contribution in [0.5, 0.6) is 0 Å². The highest BCUT2D eigenvalue weighted by Crippen LogP contribution is 2.22. The van der Waals surface area contributed by atoms with Crippen LogP contribution in [0.1, 0.15) is 32.3 Å². The first-order chi connectivity index (χ1) is 10.0. The number of rotatable bonds is 5. The third kappa shape index (κ3) is 3.68. The molecule has 0 saturated carbocycles. The molecule has 1 heterocycles. The minimum Gasteiger partial charge on any atom is -0.354 e. The van der Waals surface area contributed by atoms with Gasteiger partial charge in [0.25, 0.3) is 0 Å². The van der Waals surface area contributed by atoms with Gasteiger partial charge in [0.15, 0.2) is 5.82 Å². The average molecular weight is 285 g/mol. The van der Waals surface area contributed by atoms with E-state index in [2.05, 4.69) is 58.4 Å². The van der Waals surface area contributed by atoms with Gasteiger partial charge in [-0.1, -0.05) is 38.1 Å². The van der Waals surface area contributed by atoms with E-state index in [1.165, 1.54) is 5.56 Å². The molecule has 0 unspecified atom stereocenters. The fraction of sp³-hybridized carbons (Fsp3) is 0.438. The summed E-state index contributed by atoms with van der Waals surface area (Å²) in [6.07, 6.45) is 0. The predicted molar refractivity (Wildman–Crippen MR) is 87.8 cm³/mol. The molecule has 0 aliphatic rings. The predicted octanol–water partition coefficient (Wildman–Crippen LogP) is 3.16. The van der Waals surface area contributed by atoms with Gasteiger partial charge >= 0.3 is 0 Å². The highest BCUT2D eigenvalue weighted by Gasteiger charge is 2.10. The SMILES string of the molecule is CCNc1nc(-c2ccc(C(C)C)cc2)nc(N(C)C)n1. The Bertz CT molecular complexity index is 590. The molecule has 0 atom stereocenters. The van der Waals surface area contributed by atoms with Crippen molar-refractivity contribution in [1.29, 1.82) is 0 Å². The standard InChI is InChI=1S/C16H23N5/c1-6-17-15-18-14(19-16(20-15)21(4)5)13-9-7-12(8-10-13)11(2)3/h7-11H,6H2,1-5H3,(H,17,18,19,20). The molecule has 21 heavy (non-hydrogen) atoms. The normalized spacial score (nSPS) is 10.8. The van der Waals surface area contributed by atoms with Gasteiger partial charge in [0.1, 0.15) is 0 Å². The Hall–Kier alpha value is -2.17. The number of benzene rings is 1. The molecule has 0 aliphatic carbocycles. The second-order valence-electron chi connectivity index (χ2n) is 5.48. The summed E-state index contributed by atoms with van der Waals surface area (Å²) in [7, 11) is 3.85. The van der Waals surface area contributed by atoms with Crippen molar-refractivity contribution in [3.05, 3.63) is 29.8 Å². The molecule has 5 nitrogen and oxygen atoms in total. The Morgan fingerprint density at radius 1 is 1.05 bits per heavy atom. The smallest absolute Gasteiger partial charge is 0.230 e. The molecule has 0 bridgehead atoms. The molecule has 1 N–H and O–H groups in total. The average Bonchev–Trinajstić information content (AvgIpc) is 2.47. The van der Waals surface area contributed by atoms with Crippen molar-refractivity contribution in [2.45, 2.75) is 26.7 Å². The van der Waals surface area contributed by atoms with E-state index in [0.717, 1.165) is 12.1 Å². The van der Waals surface area contributed by atoms with Crippen LogP contribution in [0, 0.1) is 0 Å². The fourth-order valence-electron chi connectivity index (χ4n) is 1.95. The molecule has 2 rings (SSSR count). The van der Waals surface area contributed by atoms with Crippen molar-refractivity contribution in [2.24, 2.45) is 0 Å². The maximum Gasteiger partial charge on any atom is 0.230 e. The maximum atomic E-state index is 4.52. The minimum absolute atomic E-state index is 0.520. The van der Waals surface area contributed by atoms with E-state index in [9.17, 15) is 0 Å². The molecule has 0 spiro atoms. The number of nitrogens with zero attached hydrogens (tertiary/aromatic N) is 4. The quantitative estimate of drug-likeness (QED) is 0.914. The zero-order chi connectivity index (χ0) is 15.4. The van der Waals surface area contributed by atoms with Gasteiger partial charge in [-0.2, -0.15) is 15.0 Å². The summed E-state index contributed by atoms with van der Waals surface area (Å²) in [5, 5.41) is 3.15. The monoisotopic (exact) mass is 285 g/mol. The highest BCUT2D eigenvalue weighted by atomic mass is 15.3. The Labute approximate surface area is 126 Å². The number of hydrogen-bond donors (Lipinski definition) is 1. The molecule has 0 aliphatic heterocycles. The molecule has 112 valence electrons. The van der Waals surface area contributed by atoms with Gasteiger partial charge in [-0.05, 0) is 18.4 Å². The van der Waals surface area contributed by atoms with Crippen LogP contribution in [0.3, 0.4) is 0 Å². The largest absolute Gasteiger partial charge is 0.354 e. The van der Waals surface area contributed by atoms with E-state index in [-0.39, 0.29) is 0 Å². The van der Waals surface area contributed by atoms with E-state index in [0.29, 0.717) is 23.6 Å². The van der Waals surface area contributed by atoms with Crippen LogP contribution in [0.15, 0.2) is 24.3 Å². The van der Waals surface area contributed by atoms with E-state index in [4.69, 9.17) is 0 Å². The van der Waals surface area contributed by atoms with Gasteiger partial charge in [-0.3, -0.25) is 0 Å². The summed E-state index contributed by atoms with van der Waals surface area (Å²) in [6.45, 7) is 7.18. The molecular weight excluding hydrogens is 262 g/mol. The Morgan fingerprint density at radius 3 is 2.24 bits per heavy atom. The summed E-state index contributed by atoms with van der Waals surface area (Å²) >= 11 is 0. The third-order valence-corrected chi connectivity index (χ3v) is 3.19. The van der Waals surface area contributed by atoms with Crippen LogP contribution in [0.4, 0.5) is 11.9 Å². The van der Waals surface area contributed by atoms with Crippen molar-refractivity contribution < 1.29 is 0 Å². The Balaban J connectivity index is 2.41. The van der Waals surface area contributed by atoms with E-state index < -0.39 is 0 Å². The Kier molecular flexibility index (Phi) is 4.73. The molecule has 0 amide bonds. The first kappa shape index (κ1) is 15.2. The first-order valence-electron chi connectivity index (χ1n) is 7.29. The molecule has 0 saturated heterocycles. The maximum absolute atomic E-state index is 4.52. The van der Waals surface area contributed by atoms with E-state index >= 15 is 0 Å². The summed E-state index contributed by atoms with van der Waals surface area (Å²) < 4.78 is 0. The lowest BCUT2D eigenvalue weighted by Gasteiger charge is -2.13. The fourth-order valence-corrected chi connectivity index (χ4v) is 1.95. The summed E-state index contributed by atoms with van der Waals surface area (Å²) in [5.41, 5.74) is 2.32. The molecule has 1 aromatic carbocycles. The summed E-state index contributed by atoms with van der Waals surface area (Å²) in [5.74, 6) is 2.48. The molecule has 0 radical (unpaired) electrons. The number of hydrogen-bond acceptors (Lipinski definition) is 5.